The highest BCUT2D eigenvalue weighted by Crippen LogP contribution is 2.37. The molecule has 168 valence electrons. The van der Waals surface area contributed by atoms with Gasteiger partial charge in [0, 0.05) is 72.3 Å². The fourth-order valence-corrected chi connectivity index (χ4v) is 7.43. The van der Waals surface area contributed by atoms with Crippen molar-refractivity contribution in [3.05, 3.63) is 41.0 Å². The van der Waals surface area contributed by atoms with Crippen molar-refractivity contribution in [2.24, 2.45) is 0 Å². The van der Waals surface area contributed by atoms with Gasteiger partial charge in [-0.15, -0.1) is 11.3 Å². The average molecular weight is 466 g/mol. The number of piperidine rings is 1. The molecule has 0 aliphatic carbocycles. The first-order valence-electron chi connectivity index (χ1n) is 10.4. The van der Waals surface area contributed by atoms with Crippen molar-refractivity contribution in [3.63, 3.8) is 0 Å². The smallest absolute Gasteiger partial charge is 0.266 e. The van der Waals surface area contributed by atoms with Crippen molar-refractivity contribution in [1.29, 1.82) is 0 Å². The molecule has 0 unspecified atom stereocenters. The maximum absolute atomic E-state index is 13.4. The van der Waals surface area contributed by atoms with Crippen molar-refractivity contribution in [2.45, 2.75) is 43.3 Å². The van der Waals surface area contributed by atoms with Crippen molar-refractivity contribution < 1.29 is 23.2 Å². The first-order valence-corrected chi connectivity index (χ1v) is 12.7. The quantitative estimate of drug-likeness (QED) is 0.519. The van der Waals surface area contributed by atoms with Gasteiger partial charge < -0.3 is 4.74 Å². The van der Waals surface area contributed by atoms with Crippen molar-refractivity contribution in [1.82, 2.24) is 14.8 Å². The molecule has 0 bridgehead atoms. The van der Waals surface area contributed by atoms with Crippen LogP contribution in [0.1, 0.15) is 42.2 Å². The van der Waals surface area contributed by atoms with Crippen LogP contribution in [0.2, 0.25) is 0 Å². The number of aromatic nitrogens is 1. The molecule has 0 saturated carbocycles. The summed E-state index contributed by atoms with van der Waals surface area (Å²) in [7, 11) is -3.94. The standard InChI is InChI=1S/C21H27N3O5S2/c1-15-2-5-19(30-15)17-3-4-18(22-14-17)16-6-10-24(11-7-16)31(27,28)21(20(25)23-26)8-12-29-13-9-21/h2-5,14,16,26H,6-13H2,1H3,(H,23,25). The number of hydrogen-bond donors (Lipinski definition) is 2. The lowest BCUT2D eigenvalue weighted by atomic mass is 9.94. The van der Waals surface area contributed by atoms with E-state index in [4.69, 9.17) is 4.74 Å². The topological polar surface area (TPSA) is 109 Å². The molecule has 2 aliphatic heterocycles. The van der Waals surface area contributed by atoms with Gasteiger partial charge in [0.2, 0.25) is 10.0 Å². The summed E-state index contributed by atoms with van der Waals surface area (Å²) in [6, 6.07) is 8.28. The number of ether oxygens (including phenoxy) is 1. The highest BCUT2D eigenvalue weighted by Gasteiger charge is 2.54. The zero-order valence-electron chi connectivity index (χ0n) is 17.4. The number of hydroxylamine groups is 1. The third-order valence-electron chi connectivity index (χ3n) is 6.33. The Kier molecular flexibility index (Phi) is 6.45. The van der Waals surface area contributed by atoms with Crippen molar-refractivity contribution in [2.75, 3.05) is 26.3 Å². The molecule has 4 rings (SSSR count). The molecule has 0 atom stereocenters. The average Bonchev–Trinajstić information content (AvgIpc) is 3.25. The Labute approximate surface area is 186 Å². The molecule has 2 N–H and O–H groups in total. The van der Waals surface area contributed by atoms with E-state index in [0.717, 1.165) is 11.3 Å². The minimum absolute atomic E-state index is 0.0346. The fourth-order valence-electron chi connectivity index (χ4n) is 4.43. The lowest BCUT2D eigenvalue weighted by Gasteiger charge is -2.40. The van der Waals surface area contributed by atoms with Crippen LogP contribution in [0, 0.1) is 6.92 Å². The molecule has 0 spiro atoms. The second-order valence-electron chi connectivity index (χ2n) is 8.11. The molecule has 2 saturated heterocycles. The second-order valence-corrected chi connectivity index (χ2v) is 11.6. The molecule has 0 aromatic carbocycles. The number of nitrogens with one attached hydrogen (secondary N) is 1. The predicted octanol–water partition coefficient (Wildman–Crippen LogP) is 2.68. The predicted molar refractivity (Wildman–Crippen MR) is 117 cm³/mol. The van der Waals surface area contributed by atoms with Crippen LogP contribution in [0.15, 0.2) is 30.5 Å². The molecule has 4 heterocycles. The van der Waals surface area contributed by atoms with Crippen LogP contribution >= 0.6 is 11.3 Å². The van der Waals surface area contributed by atoms with E-state index in [-0.39, 0.29) is 32.0 Å². The summed E-state index contributed by atoms with van der Waals surface area (Å²) < 4.78 is 31.8. The number of sulfonamides is 1. The van der Waals surface area contributed by atoms with E-state index in [1.807, 2.05) is 12.3 Å². The van der Waals surface area contributed by atoms with Crippen LogP contribution in [-0.4, -0.2) is 59.9 Å². The zero-order chi connectivity index (χ0) is 22.1. The number of amides is 1. The van der Waals surface area contributed by atoms with E-state index >= 15 is 0 Å². The Morgan fingerprint density at radius 1 is 1.23 bits per heavy atom. The lowest BCUT2D eigenvalue weighted by molar-refractivity contribution is -0.134. The van der Waals surface area contributed by atoms with Crippen molar-refractivity contribution in [3.8, 4) is 10.4 Å². The van der Waals surface area contributed by atoms with Gasteiger partial charge in [0.05, 0.1) is 0 Å². The number of thiophene rings is 1. The number of carbonyl (C=O) groups excluding carboxylic acids is 1. The van der Waals surface area contributed by atoms with Gasteiger partial charge in [-0.1, -0.05) is 6.07 Å². The molecule has 2 aromatic rings. The van der Waals surface area contributed by atoms with Gasteiger partial charge in [0.25, 0.3) is 5.91 Å². The largest absolute Gasteiger partial charge is 0.381 e. The minimum atomic E-state index is -3.94. The molecule has 2 fully saturated rings. The molecule has 8 nitrogen and oxygen atoms in total. The van der Waals surface area contributed by atoms with Gasteiger partial charge in [-0.05, 0) is 38.0 Å². The normalized spacial score (nSPS) is 20.5. The second kappa shape index (κ2) is 8.95. The van der Waals surface area contributed by atoms with Gasteiger partial charge >= 0.3 is 0 Å². The number of aryl methyl sites for hydroxylation is 1. The summed E-state index contributed by atoms with van der Waals surface area (Å²) in [6.45, 7) is 3.06. The summed E-state index contributed by atoms with van der Waals surface area (Å²) in [5.41, 5.74) is 3.61. The van der Waals surface area contributed by atoms with Crippen LogP contribution in [0.25, 0.3) is 10.4 Å². The van der Waals surface area contributed by atoms with Gasteiger partial charge in [-0.25, -0.2) is 18.2 Å². The maximum Gasteiger partial charge on any atom is 0.266 e. The highest BCUT2D eigenvalue weighted by molar-refractivity contribution is 7.91. The van der Waals surface area contributed by atoms with Gasteiger partial charge in [0.15, 0.2) is 4.75 Å². The number of rotatable bonds is 5. The summed E-state index contributed by atoms with van der Waals surface area (Å²) in [4.78, 5) is 19.5. The van der Waals surface area contributed by atoms with Crippen LogP contribution in [0.4, 0.5) is 0 Å². The molecule has 10 heteroatoms. The fraction of sp³-hybridized carbons (Fsp3) is 0.524. The van der Waals surface area contributed by atoms with Crippen LogP contribution in [-0.2, 0) is 19.6 Å². The Morgan fingerprint density at radius 3 is 2.48 bits per heavy atom. The molecule has 31 heavy (non-hydrogen) atoms. The summed E-state index contributed by atoms with van der Waals surface area (Å²) in [6.07, 6.45) is 3.22. The molecule has 1 amide bonds. The molecule has 0 radical (unpaired) electrons. The van der Waals surface area contributed by atoms with Gasteiger partial charge in [-0.2, -0.15) is 0 Å². The molecular formula is C21H27N3O5S2. The van der Waals surface area contributed by atoms with Crippen LogP contribution < -0.4 is 5.48 Å². The number of nitrogens with zero attached hydrogens (tertiary/aromatic N) is 2. The van der Waals surface area contributed by atoms with E-state index in [0.29, 0.717) is 25.9 Å². The monoisotopic (exact) mass is 465 g/mol. The third kappa shape index (κ3) is 4.14. The highest BCUT2D eigenvalue weighted by atomic mass is 32.2. The molecule has 2 aromatic heterocycles. The Morgan fingerprint density at radius 2 is 1.94 bits per heavy atom. The third-order valence-corrected chi connectivity index (χ3v) is 10.0. The first-order chi connectivity index (χ1) is 14.9. The van der Waals surface area contributed by atoms with E-state index < -0.39 is 20.7 Å². The lowest BCUT2D eigenvalue weighted by Crippen LogP contribution is -2.60. The minimum Gasteiger partial charge on any atom is -0.381 e. The number of carbonyl (C=O) groups is 1. The SMILES string of the molecule is Cc1ccc(-c2ccc(C3CCN(S(=O)(=O)C4(C(=O)NO)CCOCC4)CC3)nc2)s1. The van der Waals surface area contributed by atoms with Gasteiger partial charge in [-0.3, -0.25) is 15.0 Å². The molecular weight excluding hydrogens is 438 g/mol. The molecule has 2 aliphatic rings. The number of pyridine rings is 1. The summed E-state index contributed by atoms with van der Waals surface area (Å²) in [5.74, 6) is -0.707. The van der Waals surface area contributed by atoms with E-state index in [9.17, 15) is 18.4 Å². The number of hydrogen-bond acceptors (Lipinski definition) is 7. The Bertz CT molecular complexity index is 1020. The zero-order valence-corrected chi connectivity index (χ0v) is 19.0. The van der Waals surface area contributed by atoms with Crippen LogP contribution in [0.3, 0.4) is 0 Å². The first kappa shape index (κ1) is 22.3. The Balaban J connectivity index is 1.46. The van der Waals surface area contributed by atoms with E-state index in [1.165, 1.54) is 14.1 Å². The van der Waals surface area contributed by atoms with Crippen LogP contribution in [0.5, 0.6) is 0 Å². The van der Waals surface area contributed by atoms with Crippen molar-refractivity contribution >= 4 is 27.3 Å². The van der Waals surface area contributed by atoms with E-state index in [2.05, 4.69) is 30.1 Å². The van der Waals surface area contributed by atoms with Gasteiger partial charge in [0.1, 0.15) is 0 Å². The summed E-state index contributed by atoms with van der Waals surface area (Å²) >= 11 is 1.73. The van der Waals surface area contributed by atoms with E-state index in [1.54, 1.807) is 16.8 Å². The summed E-state index contributed by atoms with van der Waals surface area (Å²) in [5, 5.41) is 9.18. The Hall–Kier alpha value is -1.85. The maximum atomic E-state index is 13.4.